The minimum atomic E-state index is -3.78. The number of sulfonamides is 1. The first-order valence-corrected chi connectivity index (χ1v) is 7.05. The van der Waals surface area contributed by atoms with Crippen LogP contribution < -0.4 is 4.72 Å². The summed E-state index contributed by atoms with van der Waals surface area (Å²) in [5, 5.41) is 8.77. The van der Waals surface area contributed by atoms with Gasteiger partial charge in [0, 0.05) is 0 Å². The summed E-state index contributed by atoms with van der Waals surface area (Å²) < 4.78 is 30.5. The molecule has 0 saturated carbocycles. The molecule has 0 fully saturated rings. The van der Waals surface area contributed by atoms with Crippen molar-refractivity contribution in [3.63, 3.8) is 0 Å². The highest BCUT2D eigenvalue weighted by Gasteiger charge is 2.16. The summed E-state index contributed by atoms with van der Waals surface area (Å²) in [5.74, 6) is -0.642. The standard InChI is InChI=1S/C12H14N2O4S/c1-3-18-12(15)8-14-19(16,17)11-5-4-10(7-13)9(2)6-11/h4-6,14H,3,8H2,1-2H3. The maximum atomic E-state index is 11.9. The van der Waals surface area contributed by atoms with E-state index in [2.05, 4.69) is 9.46 Å². The molecular formula is C12H14N2O4S. The van der Waals surface area contributed by atoms with E-state index < -0.39 is 22.5 Å². The van der Waals surface area contributed by atoms with Crippen LogP contribution in [0.15, 0.2) is 23.1 Å². The number of nitriles is 1. The van der Waals surface area contributed by atoms with Gasteiger partial charge in [0.25, 0.3) is 0 Å². The Kier molecular flexibility index (Phi) is 5.03. The summed E-state index contributed by atoms with van der Waals surface area (Å²) in [6.07, 6.45) is 0. The lowest BCUT2D eigenvalue weighted by Crippen LogP contribution is -2.30. The van der Waals surface area contributed by atoms with Gasteiger partial charge in [-0.1, -0.05) is 0 Å². The number of carbonyl (C=O) groups is 1. The molecule has 0 bridgehead atoms. The lowest BCUT2D eigenvalue weighted by atomic mass is 10.1. The Morgan fingerprint density at radius 2 is 2.16 bits per heavy atom. The van der Waals surface area contributed by atoms with Crippen molar-refractivity contribution in [1.82, 2.24) is 4.72 Å². The molecule has 0 spiro atoms. The number of ether oxygens (including phenoxy) is 1. The van der Waals surface area contributed by atoms with Crippen molar-refractivity contribution >= 4 is 16.0 Å². The van der Waals surface area contributed by atoms with E-state index in [0.717, 1.165) is 0 Å². The summed E-state index contributed by atoms with van der Waals surface area (Å²) in [6.45, 7) is 3.05. The Hall–Kier alpha value is -1.91. The van der Waals surface area contributed by atoms with E-state index in [1.54, 1.807) is 13.8 Å². The molecule has 102 valence electrons. The van der Waals surface area contributed by atoms with Crippen molar-refractivity contribution in [1.29, 1.82) is 5.26 Å². The van der Waals surface area contributed by atoms with Crippen LogP contribution >= 0.6 is 0 Å². The SMILES string of the molecule is CCOC(=O)CNS(=O)(=O)c1ccc(C#N)c(C)c1. The molecule has 7 heteroatoms. The lowest BCUT2D eigenvalue weighted by molar-refractivity contribution is -0.141. The number of rotatable bonds is 5. The van der Waals surface area contributed by atoms with Crippen LogP contribution in [-0.4, -0.2) is 27.5 Å². The van der Waals surface area contributed by atoms with Crippen molar-refractivity contribution < 1.29 is 17.9 Å². The zero-order valence-electron chi connectivity index (χ0n) is 10.6. The molecule has 0 heterocycles. The molecule has 0 saturated heterocycles. The lowest BCUT2D eigenvalue weighted by Gasteiger charge is -2.07. The zero-order chi connectivity index (χ0) is 14.5. The van der Waals surface area contributed by atoms with Crippen LogP contribution in [-0.2, 0) is 19.6 Å². The van der Waals surface area contributed by atoms with E-state index in [1.165, 1.54) is 18.2 Å². The van der Waals surface area contributed by atoms with Crippen LogP contribution in [0.3, 0.4) is 0 Å². The summed E-state index contributed by atoms with van der Waals surface area (Å²) in [4.78, 5) is 11.1. The topological polar surface area (TPSA) is 96.3 Å². The second-order valence-corrected chi connectivity index (χ2v) is 5.49. The first kappa shape index (κ1) is 15.1. The molecule has 19 heavy (non-hydrogen) atoms. The fourth-order valence-electron chi connectivity index (χ4n) is 1.38. The van der Waals surface area contributed by atoms with Crippen molar-refractivity contribution in [3.8, 4) is 6.07 Å². The summed E-state index contributed by atoms with van der Waals surface area (Å²) >= 11 is 0. The molecule has 0 amide bonds. The Balaban J connectivity index is 2.87. The van der Waals surface area contributed by atoms with Gasteiger partial charge in [0.05, 0.1) is 23.1 Å². The Labute approximate surface area is 112 Å². The van der Waals surface area contributed by atoms with Crippen molar-refractivity contribution in [2.75, 3.05) is 13.2 Å². The van der Waals surface area contributed by atoms with E-state index in [-0.39, 0.29) is 11.5 Å². The van der Waals surface area contributed by atoms with Crippen LogP contribution in [0.2, 0.25) is 0 Å². The maximum Gasteiger partial charge on any atom is 0.321 e. The molecule has 0 aromatic heterocycles. The number of nitrogens with zero attached hydrogens (tertiary/aromatic N) is 1. The van der Waals surface area contributed by atoms with Crippen molar-refractivity contribution in [2.24, 2.45) is 0 Å². The van der Waals surface area contributed by atoms with E-state index in [4.69, 9.17) is 5.26 Å². The van der Waals surface area contributed by atoms with E-state index in [1.807, 2.05) is 6.07 Å². The smallest absolute Gasteiger partial charge is 0.321 e. The van der Waals surface area contributed by atoms with Gasteiger partial charge in [-0.25, -0.2) is 8.42 Å². The molecule has 1 N–H and O–H groups in total. The van der Waals surface area contributed by atoms with Gasteiger partial charge in [-0.05, 0) is 37.6 Å². The van der Waals surface area contributed by atoms with Gasteiger partial charge in [0.2, 0.25) is 10.0 Å². The number of aryl methyl sites for hydroxylation is 1. The second-order valence-electron chi connectivity index (χ2n) is 3.72. The van der Waals surface area contributed by atoms with Gasteiger partial charge in [-0.3, -0.25) is 4.79 Å². The van der Waals surface area contributed by atoms with Gasteiger partial charge in [0.1, 0.15) is 6.54 Å². The minimum absolute atomic E-state index is 0.00768. The van der Waals surface area contributed by atoms with Crippen LogP contribution in [0.4, 0.5) is 0 Å². The zero-order valence-corrected chi connectivity index (χ0v) is 11.5. The predicted octanol–water partition coefficient (Wildman–Crippen LogP) is 0.708. The van der Waals surface area contributed by atoms with E-state index in [9.17, 15) is 13.2 Å². The maximum absolute atomic E-state index is 11.9. The summed E-state index contributed by atoms with van der Waals surface area (Å²) in [5.41, 5.74) is 0.964. The average Bonchev–Trinajstić information content (AvgIpc) is 2.37. The molecule has 1 aromatic carbocycles. The number of esters is 1. The third kappa shape index (κ3) is 4.05. The molecule has 0 radical (unpaired) electrons. The quantitative estimate of drug-likeness (QED) is 0.802. The molecular weight excluding hydrogens is 268 g/mol. The predicted molar refractivity (Wildman–Crippen MR) is 67.7 cm³/mol. The Bertz CT molecular complexity index is 617. The first-order chi connectivity index (χ1) is 8.90. The highest BCUT2D eigenvalue weighted by atomic mass is 32.2. The number of nitrogens with one attached hydrogen (secondary N) is 1. The van der Waals surface area contributed by atoms with Gasteiger partial charge in [0.15, 0.2) is 0 Å². The van der Waals surface area contributed by atoms with Crippen LogP contribution in [0.5, 0.6) is 0 Å². The molecule has 0 aliphatic carbocycles. The third-order valence-corrected chi connectivity index (χ3v) is 3.74. The van der Waals surface area contributed by atoms with Crippen LogP contribution in [0, 0.1) is 18.3 Å². The van der Waals surface area contributed by atoms with Crippen LogP contribution in [0.1, 0.15) is 18.1 Å². The molecule has 1 rings (SSSR count). The van der Waals surface area contributed by atoms with Gasteiger partial charge < -0.3 is 4.74 Å². The molecule has 0 unspecified atom stereocenters. The second kappa shape index (κ2) is 6.31. The summed E-state index contributed by atoms with van der Waals surface area (Å²) in [7, 11) is -3.78. The number of benzene rings is 1. The molecule has 0 aliphatic heterocycles. The molecule has 6 nitrogen and oxygen atoms in total. The molecule has 0 atom stereocenters. The Morgan fingerprint density at radius 3 is 2.68 bits per heavy atom. The highest BCUT2D eigenvalue weighted by molar-refractivity contribution is 7.89. The monoisotopic (exact) mass is 282 g/mol. The fraction of sp³-hybridized carbons (Fsp3) is 0.333. The molecule has 1 aromatic rings. The van der Waals surface area contributed by atoms with E-state index in [0.29, 0.717) is 11.1 Å². The first-order valence-electron chi connectivity index (χ1n) is 5.56. The molecule has 0 aliphatic rings. The normalized spacial score (nSPS) is 10.8. The van der Waals surface area contributed by atoms with E-state index >= 15 is 0 Å². The highest BCUT2D eigenvalue weighted by Crippen LogP contribution is 2.14. The largest absolute Gasteiger partial charge is 0.465 e. The van der Waals surface area contributed by atoms with Crippen molar-refractivity contribution in [3.05, 3.63) is 29.3 Å². The number of hydrogen-bond acceptors (Lipinski definition) is 5. The van der Waals surface area contributed by atoms with Gasteiger partial charge in [-0.15, -0.1) is 0 Å². The average molecular weight is 282 g/mol. The number of hydrogen-bond donors (Lipinski definition) is 1. The number of carbonyl (C=O) groups excluding carboxylic acids is 1. The van der Waals surface area contributed by atoms with Crippen molar-refractivity contribution in [2.45, 2.75) is 18.7 Å². The van der Waals surface area contributed by atoms with Gasteiger partial charge >= 0.3 is 5.97 Å². The third-order valence-electron chi connectivity index (χ3n) is 2.34. The Morgan fingerprint density at radius 1 is 1.47 bits per heavy atom. The summed E-state index contributed by atoms with van der Waals surface area (Å²) in [6, 6.07) is 6.08. The van der Waals surface area contributed by atoms with Crippen LogP contribution in [0.25, 0.3) is 0 Å². The fourth-order valence-corrected chi connectivity index (χ4v) is 2.43. The minimum Gasteiger partial charge on any atom is -0.465 e. The van der Waals surface area contributed by atoms with Gasteiger partial charge in [-0.2, -0.15) is 9.98 Å².